The number of phenols is 1. The van der Waals surface area contributed by atoms with E-state index in [0.29, 0.717) is 25.9 Å². The number of carbonyl (C=O) groups excluding carboxylic acids is 1. The Kier molecular flexibility index (Phi) is 4.34. The van der Waals surface area contributed by atoms with E-state index in [0.717, 1.165) is 34.8 Å². The molecule has 1 saturated heterocycles. The summed E-state index contributed by atoms with van der Waals surface area (Å²) >= 11 is 0. The van der Waals surface area contributed by atoms with Gasteiger partial charge in [0, 0.05) is 44.8 Å². The summed E-state index contributed by atoms with van der Waals surface area (Å²) in [5.74, 6) is 1.82. The number of hydrogen-bond acceptors (Lipinski definition) is 6. The van der Waals surface area contributed by atoms with Crippen molar-refractivity contribution in [1.82, 2.24) is 9.91 Å². The van der Waals surface area contributed by atoms with Crippen molar-refractivity contribution in [3.8, 4) is 17.2 Å². The summed E-state index contributed by atoms with van der Waals surface area (Å²) in [5.41, 5.74) is 2.40. The van der Waals surface area contributed by atoms with Crippen LogP contribution in [-0.2, 0) is 4.79 Å². The van der Waals surface area contributed by atoms with E-state index in [2.05, 4.69) is 11.1 Å². The monoisotopic (exact) mass is 407 g/mol. The molecular formula is C23H25N3O4. The molecule has 0 radical (unpaired) electrons. The summed E-state index contributed by atoms with van der Waals surface area (Å²) in [4.78, 5) is 13.7. The third kappa shape index (κ3) is 2.88. The van der Waals surface area contributed by atoms with Crippen LogP contribution in [0.1, 0.15) is 43.4 Å². The van der Waals surface area contributed by atoms with Crippen molar-refractivity contribution < 1.29 is 19.4 Å². The van der Waals surface area contributed by atoms with Crippen LogP contribution in [0.15, 0.2) is 47.6 Å². The molecule has 0 aliphatic carbocycles. The lowest BCUT2D eigenvalue weighted by atomic mass is 9.90. The number of benzene rings is 2. The zero-order chi connectivity index (χ0) is 20.9. The molecule has 2 aromatic carbocycles. The SMILES string of the molecule is COc1cccc2c1OC1(CCN(C(C)=O)CC1)N1N=C(c3ccc(O)cc3)CC21. The first-order valence-electron chi connectivity index (χ1n) is 10.3. The van der Waals surface area contributed by atoms with Crippen molar-refractivity contribution in [2.75, 3.05) is 20.2 Å². The zero-order valence-corrected chi connectivity index (χ0v) is 17.2. The molecule has 2 aromatic rings. The largest absolute Gasteiger partial charge is 0.508 e. The quantitative estimate of drug-likeness (QED) is 0.827. The van der Waals surface area contributed by atoms with E-state index >= 15 is 0 Å². The first kappa shape index (κ1) is 18.8. The number of piperidine rings is 1. The molecule has 3 heterocycles. The molecule has 3 aliphatic heterocycles. The van der Waals surface area contributed by atoms with Gasteiger partial charge in [0.1, 0.15) is 5.75 Å². The normalized spacial score (nSPS) is 21.5. The number of rotatable bonds is 2. The van der Waals surface area contributed by atoms with Gasteiger partial charge in [-0.2, -0.15) is 5.10 Å². The topological polar surface area (TPSA) is 74.6 Å². The fourth-order valence-corrected chi connectivity index (χ4v) is 4.76. The van der Waals surface area contributed by atoms with Gasteiger partial charge in [0.15, 0.2) is 11.5 Å². The first-order chi connectivity index (χ1) is 14.5. The number of hydrazone groups is 1. The van der Waals surface area contributed by atoms with Gasteiger partial charge in [0.2, 0.25) is 11.6 Å². The van der Waals surface area contributed by atoms with Gasteiger partial charge in [-0.15, -0.1) is 0 Å². The number of methoxy groups -OCH3 is 1. The highest BCUT2D eigenvalue weighted by atomic mass is 16.5. The second kappa shape index (κ2) is 6.93. The number of amides is 1. The van der Waals surface area contributed by atoms with Crippen molar-refractivity contribution in [3.05, 3.63) is 53.6 Å². The van der Waals surface area contributed by atoms with Crippen LogP contribution in [-0.4, -0.2) is 52.6 Å². The van der Waals surface area contributed by atoms with Crippen LogP contribution in [0.2, 0.25) is 0 Å². The molecule has 3 aliphatic rings. The van der Waals surface area contributed by atoms with Crippen LogP contribution < -0.4 is 9.47 Å². The number of phenolic OH excluding ortho intramolecular Hbond substituents is 1. The van der Waals surface area contributed by atoms with Crippen LogP contribution >= 0.6 is 0 Å². The summed E-state index contributed by atoms with van der Waals surface area (Å²) < 4.78 is 12.2. The Labute approximate surface area is 175 Å². The van der Waals surface area contributed by atoms with Crippen molar-refractivity contribution in [3.63, 3.8) is 0 Å². The molecule has 7 nitrogen and oxygen atoms in total. The number of hydrogen-bond donors (Lipinski definition) is 1. The lowest BCUT2D eigenvalue weighted by Gasteiger charge is -2.51. The molecular weight excluding hydrogens is 382 g/mol. The Morgan fingerprint density at radius 1 is 1.20 bits per heavy atom. The summed E-state index contributed by atoms with van der Waals surface area (Å²) in [6, 6.07) is 13.2. The van der Waals surface area contributed by atoms with E-state index in [4.69, 9.17) is 14.6 Å². The molecule has 0 bridgehead atoms. The van der Waals surface area contributed by atoms with Gasteiger partial charge in [-0.3, -0.25) is 4.79 Å². The van der Waals surface area contributed by atoms with Crippen LogP contribution in [0.25, 0.3) is 0 Å². The van der Waals surface area contributed by atoms with Crippen LogP contribution in [0.4, 0.5) is 0 Å². The molecule has 1 spiro atoms. The molecule has 1 unspecified atom stereocenters. The number of carbonyl (C=O) groups is 1. The zero-order valence-electron chi connectivity index (χ0n) is 17.2. The highest BCUT2D eigenvalue weighted by molar-refractivity contribution is 6.02. The Hall–Kier alpha value is -3.22. The molecule has 1 atom stereocenters. The van der Waals surface area contributed by atoms with E-state index in [-0.39, 0.29) is 17.7 Å². The van der Waals surface area contributed by atoms with Crippen LogP contribution in [0.5, 0.6) is 17.2 Å². The van der Waals surface area contributed by atoms with Crippen molar-refractivity contribution in [2.45, 2.75) is 38.0 Å². The summed E-state index contributed by atoms with van der Waals surface area (Å²) in [6.07, 6.45) is 2.09. The highest BCUT2D eigenvalue weighted by Crippen LogP contribution is 2.52. The maximum atomic E-state index is 11.9. The maximum Gasteiger partial charge on any atom is 0.219 e. The lowest BCUT2D eigenvalue weighted by molar-refractivity contribution is -0.159. The van der Waals surface area contributed by atoms with E-state index in [9.17, 15) is 9.90 Å². The van der Waals surface area contributed by atoms with E-state index in [1.807, 2.05) is 29.2 Å². The highest BCUT2D eigenvalue weighted by Gasteiger charge is 2.52. The number of likely N-dealkylation sites (tertiary alicyclic amines) is 1. The van der Waals surface area contributed by atoms with Crippen LogP contribution in [0, 0.1) is 0 Å². The van der Waals surface area contributed by atoms with E-state index in [1.54, 1.807) is 26.2 Å². The fourth-order valence-electron chi connectivity index (χ4n) is 4.76. The van der Waals surface area contributed by atoms with Gasteiger partial charge in [0.25, 0.3) is 0 Å². The maximum absolute atomic E-state index is 11.9. The molecule has 5 rings (SSSR count). The number of fused-ring (bicyclic) bond motifs is 4. The average Bonchev–Trinajstić information content (AvgIpc) is 3.21. The summed E-state index contributed by atoms with van der Waals surface area (Å²) in [7, 11) is 1.66. The second-order valence-corrected chi connectivity index (χ2v) is 8.09. The predicted octanol–water partition coefficient (Wildman–Crippen LogP) is 3.28. The third-order valence-corrected chi connectivity index (χ3v) is 6.40. The smallest absolute Gasteiger partial charge is 0.219 e. The molecule has 1 fully saturated rings. The lowest BCUT2D eigenvalue weighted by Crippen LogP contribution is -2.59. The molecule has 0 aromatic heterocycles. The number of aromatic hydroxyl groups is 1. The Morgan fingerprint density at radius 3 is 2.60 bits per heavy atom. The molecule has 30 heavy (non-hydrogen) atoms. The Bertz CT molecular complexity index is 1010. The number of ether oxygens (including phenoxy) is 2. The fraction of sp³-hybridized carbons (Fsp3) is 0.391. The van der Waals surface area contributed by atoms with Gasteiger partial charge < -0.3 is 19.5 Å². The third-order valence-electron chi connectivity index (χ3n) is 6.40. The molecule has 0 saturated carbocycles. The predicted molar refractivity (Wildman–Crippen MR) is 112 cm³/mol. The van der Waals surface area contributed by atoms with Gasteiger partial charge in [-0.1, -0.05) is 12.1 Å². The van der Waals surface area contributed by atoms with Crippen molar-refractivity contribution in [1.29, 1.82) is 0 Å². The average molecular weight is 407 g/mol. The minimum atomic E-state index is -0.614. The van der Waals surface area contributed by atoms with E-state index in [1.165, 1.54) is 0 Å². The molecule has 1 amide bonds. The van der Waals surface area contributed by atoms with E-state index < -0.39 is 5.72 Å². The van der Waals surface area contributed by atoms with Gasteiger partial charge in [-0.05, 0) is 35.9 Å². The summed E-state index contributed by atoms with van der Waals surface area (Å²) in [5, 5.41) is 16.8. The van der Waals surface area contributed by atoms with Gasteiger partial charge in [0.05, 0.1) is 18.9 Å². The van der Waals surface area contributed by atoms with Crippen molar-refractivity contribution in [2.24, 2.45) is 5.10 Å². The van der Waals surface area contributed by atoms with Gasteiger partial charge in [-0.25, -0.2) is 5.01 Å². The molecule has 156 valence electrons. The molecule has 7 heteroatoms. The standard InChI is InChI=1S/C23H25N3O4/c1-15(27)25-12-10-23(11-13-25)26-20(18-4-3-5-21(29-2)22(18)30-23)14-19(24-26)16-6-8-17(28)9-7-16/h3-9,20,28H,10-14H2,1-2H3. The van der Waals surface area contributed by atoms with Gasteiger partial charge >= 0.3 is 0 Å². The summed E-state index contributed by atoms with van der Waals surface area (Å²) in [6.45, 7) is 2.87. The molecule has 1 N–H and O–H groups in total. The number of nitrogens with zero attached hydrogens (tertiary/aromatic N) is 3. The van der Waals surface area contributed by atoms with Crippen molar-refractivity contribution >= 4 is 11.6 Å². The first-order valence-corrected chi connectivity index (χ1v) is 10.3. The minimum absolute atomic E-state index is 0.0385. The second-order valence-electron chi connectivity index (χ2n) is 8.09. The Balaban J connectivity index is 1.57. The number of para-hydroxylation sites is 1. The Morgan fingerprint density at radius 2 is 1.93 bits per heavy atom. The van der Waals surface area contributed by atoms with Crippen LogP contribution in [0.3, 0.4) is 0 Å². The minimum Gasteiger partial charge on any atom is -0.508 e.